The lowest BCUT2D eigenvalue weighted by Crippen LogP contribution is -2.45. The van der Waals surface area contributed by atoms with Crippen LogP contribution in [0.4, 0.5) is 4.79 Å². The van der Waals surface area contributed by atoms with Crippen molar-refractivity contribution in [3.8, 4) is 0 Å². The van der Waals surface area contributed by atoms with Crippen LogP contribution >= 0.6 is 0 Å². The van der Waals surface area contributed by atoms with E-state index < -0.39 is 23.7 Å². The molecule has 2 fully saturated rings. The number of amides is 2. The first kappa shape index (κ1) is 20.3. The van der Waals surface area contributed by atoms with E-state index >= 15 is 0 Å². The Labute approximate surface area is 155 Å². The van der Waals surface area contributed by atoms with Gasteiger partial charge in [-0.3, -0.25) is 9.69 Å². The molecule has 0 aromatic carbocycles. The SMILES string of the molecule is C=CCCCC(=O)N(C)C[C@@]12C[C@@H](C(=O)O)N(C(=O)OC(C)(C)C)[C@@H]1C2. The number of fused-ring (bicyclic) bond motifs is 1. The number of carbonyl (C=O) groups is 3. The number of unbranched alkanes of at least 4 members (excludes halogenated alkanes) is 1. The van der Waals surface area contributed by atoms with Gasteiger partial charge in [-0.2, -0.15) is 0 Å². The molecule has 2 amide bonds. The Morgan fingerprint density at radius 2 is 2.00 bits per heavy atom. The number of carboxylic acids is 1. The summed E-state index contributed by atoms with van der Waals surface area (Å²) in [7, 11) is 1.74. The van der Waals surface area contributed by atoms with Gasteiger partial charge in [0.15, 0.2) is 0 Å². The molecule has 2 rings (SSSR count). The molecule has 0 spiro atoms. The number of carboxylic acid groups (broad SMARTS) is 1. The Morgan fingerprint density at radius 3 is 2.54 bits per heavy atom. The van der Waals surface area contributed by atoms with Gasteiger partial charge >= 0.3 is 12.1 Å². The van der Waals surface area contributed by atoms with Crippen LogP contribution in [0.15, 0.2) is 12.7 Å². The minimum atomic E-state index is -1.03. The number of aliphatic carboxylic acids is 1. The normalized spacial score (nSPS) is 26.8. The van der Waals surface area contributed by atoms with Crippen molar-refractivity contribution in [1.82, 2.24) is 9.80 Å². The second kappa shape index (κ2) is 7.29. The maximum atomic E-state index is 12.5. The molecule has 0 aromatic heterocycles. The molecule has 3 atom stereocenters. The topological polar surface area (TPSA) is 87.2 Å². The van der Waals surface area contributed by atoms with E-state index in [1.54, 1.807) is 38.8 Å². The number of ether oxygens (including phenoxy) is 1. The first-order valence-corrected chi connectivity index (χ1v) is 9.10. The van der Waals surface area contributed by atoms with Crippen LogP contribution in [0.2, 0.25) is 0 Å². The largest absolute Gasteiger partial charge is 0.480 e. The Hall–Kier alpha value is -2.05. The molecule has 26 heavy (non-hydrogen) atoms. The van der Waals surface area contributed by atoms with Crippen molar-refractivity contribution in [2.45, 2.75) is 70.6 Å². The van der Waals surface area contributed by atoms with Crippen LogP contribution in [0.5, 0.6) is 0 Å². The molecule has 7 heteroatoms. The average Bonchev–Trinajstić information content (AvgIpc) is 3.08. The van der Waals surface area contributed by atoms with Gasteiger partial charge in [-0.05, 0) is 46.5 Å². The predicted octanol–water partition coefficient (Wildman–Crippen LogP) is 2.65. The van der Waals surface area contributed by atoms with E-state index in [2.05, 4.69) is 6.58 Å². The lowest BCUT2D eigenvalue weighted by atomic mass is 9.98. The summed E-state index contributed by atoms with van der Waals surface area (Å²) in [6.45, 7) is 9.38. The lowest BCUT2D eigenvalue weighted by Gasteiger charge is -2.28. The van der Waals surface area contributed by atoms with Crippen LogP contribution < -0.4 is 0 Å². The van der Waals surface area contributed by atoms with E-state index in [9.17, 15) is 19.5 Å². The van der Waals surface area contributed by atoms with Crippen molar-refractivity contribution in [1.29, 1.82) is 0 Å². The van der Waals surface area contributed by atoms with Crippen LogP contribution in [0, 0.1) is 5.41 Å². The highest BCUT2D eigenvalue weighted by molar-refractivity contribution is 5.82. The van der Waals surface area contributed by atoms with Gasteiger partial charge in [0, 0.05) is 31.5 Å². The van der Waals surface area contributed by atoms with Crippen LogP contribution in [0.25, 0.3) is 0 Å². The fourth-order valence-electron chi connectivity index (χ4n) is 3.80. The summed E-state index contributed by atoms with van der Waals surface area (Å²) in [5.41, 5.74) is -1.01. The third kappa shape index (κ3) is 4.37. The highest BCUT2D eigenvalue weighted by atomic mass is 16.6. The average molecular weight is 366 g/mol. The molecule has 0 aromatic rings. The highest BCUT2D eigenvalue weighted by Gasteiger charge is 2.68. The van der Waals surface area contributed by atoms with Gasteiger partial charge in [0.05, 0.1) is 0 Å². The fourth-order valence-corrected chi connectivity index (χ4v) is 3.80. The van der Waals surface area contributed by atoms with Gasteiger partial charge in [-0.15, -0.1) is 6.58 Å². The van der Waals surface area contributed by atoms with Gasteiger partial charge in [0.2, 0.25) is 5.91 Å². The first-order valence-electron chi connectivity index (χ1n) is 9.10. The van der Waals surface area contributed by atoms with Gasteiger partial charge in [-0.1, -0.05) is 6.08 Å². The molecule has 0 unspecified atom stereocenters. The molecule has 1 saturated heterocycles. The highest BCUT2D eigenvalue weighted by Crippen LogP contribution is 2.60. The number of likely N-dealkylation sites (tertiary alicyclic amines) is 1. The molecule has 1 N–H and O–H groups in total. The fraction of sp³-hybridized carbons (Fsp3) is 0.737. The van der Waals surface area contributed by atoms with Gasteiger partial charge in [0.25, 0.3) is 0 Å². The summed E-state index contributed by atoms with van der Waals surface area (Å²) in [4.78, 5) is 39.4. The Balaban J connectivity index is 2.03. The zero-order chi connectivity index (χ0) is 19.7. The van der Waals surface area contributed by atoms with Crippen molar-refractivity contribution >= 4 is 18.0 Å². The maximum absolute atomic E-state index is 12.5. The van der Waals surface area contributed by atoms with E-state index in [0.29, 0.717) is 25.8 Å². The van der Waals surface area contributed by atoms with Gasteiger partial charge < -0.3 is 14.7 Å². The van der Waals surface area contributed by atoms with Crippen molar-refractivity contribution in [3.05, 3.63) is 12.7 Å². The number of hydrogen-bond acceptors (Lipinski definition) is 4. The summed E-state index contributed by atoms with van der Waals surface area (Å²) >= 11 is 0. The molecule has 1 aliphatic carbocycles. The van der Waals surface area contributed by atoms with Crippen LogP contribution in [0.1, 0.15) is 52.9 Å². The van der Waals surface area contributed by atoms with E-state index in [-0.39, 0.29) is 17.4 Å². The Morgan fingerprint density at radius 1 is 1.35 bits per heavy atom. The van der Waals surface area contributed by atoms with E-state index in [0.717, 1.165) is 12.8 Å². The maximum Gasteiger partial charge on any atom is 0.411 e. The van der Waals surface area contributed by atoms with E-state index in [4.69, 9.17) is 4.74 Å². The number of piperidine rings is 1. The second-order valence-electron chi connectivity index (χ2n) is 8.46. The second-order valence-corrected chi connectivity index (χ2v) is 8.46. The zero-order valence-electron chi connectivity index (χ0n) is 16.2. The number of rotatable bonds is 7. The van der Waals surface area contributed by atoms with Crippen molar-refractivity contribution < 1.29 is 24.2 Å². The molecule has 7 nitrogen and oxygen atoms in total. The third-order valence-corrected chi connectivity index (χ3v) is 5.08. The zero-order valence-corrected chi connectivity index (χ0v) is 16.2. The quantitative estimate of drug-likeness (QED) is 0.553. The molecular formula is C19H30N2O5. The molecule has 146 valence electrons. The Kier molecular flexibility index (Phi) is 5.68. The molecule has 0 radical (unpaired) electrons. The number of nitrogens with zero attached hydrogens (tertiary/aromatic N) is 2. The molecule has 1 saturated carbocycles. The van der Waals surface area contributed by atoms with Crippen LogP contribution in [-0.4, -0.2) is 64.2 Å². The van der Waals surface area contributed by atoms with Gasteiger partial charge in [0.1, 0.15) is 11.6 Å². The third-order valence-electron chi connectivity index (χ3n) is 5.08. The van der Waals surface area contributed by atoms with Gasteiger partial charge in [-0.25, -0.2) is 9.59 Å². The Bertz CT molecular complexity index is 597. The molecule has 0 bridgehead atoms. The molecule has 1 aliphatic heterocycles. The minimum absolute atomic E-state index is 0.0365. The lowest BCUT2D eigenvalue weighted by molar-refractivity contribution is -0.142. The number of carbonyl (C=O) groups excluding carboxylic acids is 2. The van der Waals surface area contributed by atoms with Crippen LogP contribution in [-0.2, 0) is 14.3 Å². The molecular weight excluding hydrogens is 336 g/mol. The summed E-state index contributed by atoms with van der Waals surface area (Å²) in [5.74, 6) is -0.989. The minimum Gasteiger partial charge on any atom is -0.480 e. The van der Waals surface area contributed by atoms with E-state index in [1.807, 2.05) is 0 Å². The summed E-state index contributed by atoms with van der Waals surface area (Å²) < 4.78 is 5.40. The van der Waals surface area contributed by atoms with Crippen LogP contribution in [0.3, 0.4) is 0 Å². The summed E-state index contributed by atoms with van der Waals surface area (Å²) in [6, 6.07) is -1.07. The molecule has 2 aliphatic rings. The van der Waals surface area contributed by atoms with E-state index in [1.165, 1.54) is 4.90 Å². The standard InChI is InChI=1S/C19H30N2O5/c1-6-7-8-9-15(22)20(5)12-19-10-13(16(23)24)21(14(19)11-19)17(25)26-18(2,3)4/h6,13-14H,1,7-12H2,2-5H3,(H,23,24)/t13-,14+,19-/m0/s1. The van der Waals surface area contributed by atoms with Crippen molar-refractivity contribution in [2.75, 3.05) is 13.6 Å². The predicted molar refractivity (Wildman–Crippen MR) is 96.6 cm³/mol. The monoisotopic (exact) mass is 366 g/mol. The molecule has 1 heterocycles. The number of hydrogen-bond donors (Lipinski definition) is 1. The van der Waals surface area contributed by atoms with Crippen molar-refractivity contribution in [2.24, 2.45) is 5.41 Å². The first-order chi connectivity index (χ1) is 12.0. The smallest absolute Gasteiger partial charge is 0.411 e. The summed E-state index contributed by atoms with van der Waals surface area (Å²) in [5, 5.41) is 9.53. The van der Waals surface area contributed by atoms with Crippen molar-refractivity contribution in [3.63, 3.8) is 0 Å². The number of allylic oxidation sites excluding steroid dienone is 1. The summed E-state index contributed by atoms with van der Waals surface area (Å²) in [6.07, 6.45) is 4.26.